The van der Waals surface area contributed by atoms with Crippen molar-refractivity contribution in [3.63, 3.8) is 0 Å². The number of hydrogen-bond acceptors (Lipinski definition) is 5. The van der Waals surface area contributed by atoms with E-state index in [4.69, 9.17) is 5.73 Å². The van der Waals surface area contributed by atoms with Gasteiger partial charge < -0.3 is 10.6 Å². The molecule has 6 nitrogen and oxygen atoms in total. The number of rotatable bonds is 3. The van der Waals surface area contributed by atoms with Crippen molar-refractivity contribution in [3.8, 4) is 0 Å². The van der Waals surface area contributed by atoms with Crippen LogP contribution in [0.25, 0.3) is 0 Å². The van der Waals surface area contributed by atoms with E-state index in [1.54, 1.807) is 6.20 Å². The molecular weight excluding hydrogens is 218 g/mol. The van der Waals surface area contributed by atoms with Crippen molar-refractivity contribution in [3.05, 3.63) is 23.8 Å². The van der Waals surface area contributed by atoms with Gasteiger partial charge in [0.1, 0.15) is 5.69 Å². The van der Waals surface area contributed by atoms with Gasteiger partial charge in [-0.2, -0.15) is 0 Å². The fourth-order valence-corrected chi connectivity index (χ4v) is 1.80. The highest BCUT2D eigenvalue weighted by Crippen LogP contribution is 2.04. The number of nitrogens with two attached hydrogens (primary N) is 1. The van der Waals surface area contributed by atoms with Crippen molar-refractivity contribution in [2.24, 2.45) is 5.73 Å². The van der Waals surface area contributed by atoms with Crippen LogP contribution in [0.5, 0.6) is 0 Å². The Morgan fingerprint density at radius 1 is 1.29 bits per heavy atom. The second kappa shape index (κ2) is 5.20. The van der Waals surface area contributed by atoms with E-state index < -0.39 is 5.91 Å². The van der Waals surface area contributed by atoms with Crippen molar-refractivity contribution in [2.45, 2.75) is 6.54 Å². The molecule has 2 rings (SSSR count). The van der Waals surface area contributed by atoms with Crippen LogP contribution in [-0.2, 0) is 6.54 Å². The van der Waals surface area contributed by atoms with Crippen LogP contribution in [0, 0.1) is 0 Å². The lowest BCUT2D eigenvalue weighted by Gasteiger charge is -2.31. The SMILES string of the molecule is CN1CCN(Cc2cnc(C(N)=O)cn2)CC1. The van der Waals surface area contributed by atoms with Crippen LogP contribution in [0.15, 0.2) is 12.4 Å². The highest BCUT2D eigenvalue weighted by Gasteiger charge is 2.14. The first kappa shape index (κ1) is 11.9. The lowest BCUT2D eigenvalue weighted by atomic mass is 10.3. The van der Waals surface area contributed by atoms with Gasteiger partial charge in [0.05, 0.1) is 18.1 Å². The number of amides is 1. The molecule has 1 aliphatic heterocycles. The highest BCUT2D eigenvalue weighted by atomic mass is 16.1. The molecule has 1 aromatic rings. The fourth-order valence-electron chi connectivity index (χ4n) is 1.80. The Bertz CT molecular complexity index is 383. The van der Waals surface area contributed by atoms with Gasteiger partial charge in [-0.1, -0.05) is 0 Å². The summed E-state index contributed by atoms with van der Waals surface area (Å²) in [6, 6.07) is 0. The van der Waals surface area contributed by atoms with E-state index in [2.05, 4.69) is 26.8 Å². The van der Waals surface area contributed by atoms with E-state index in [1.165, 1.54) is 6.20 Å². The zero-order chi connectivity index (χ0) is 12.3. The van der Waals surface area contributed by atoms with Crippen molar-refractivity contribution in [2.75, 3.05) is 33.2 Å². The Balaban J connectivity index is 1.92. The maximum atomic E-state index is 10.8. The second-order valence-electron chi connectivity index (χ2n) is 4.34. The van der Waals surface area contributed by atoms with Gasteiger partial charge in [0, 0.05) is 32.7 Å². The predicted octanol–water partition coefficient (Wildman–Crippen LogP) is -0.677. The molecule has 0 radical (unpaired) electrons. The van der Waals surface area contributed by atoms with Gasteiger partial charge in [0.15, 0.2) is 0 Å². The minimum Gasteiger partial charge on any atom is -0.364 e. The van der Waals surface area contributed by atoms with Crippen LogP contribution in [-0.4, -0.2) is 58.9 Å². The summed E-state index contributed by atoms with van der Waals surface area (Å²) in [7, 11) is 2.12. The summed E-state index contributed by atoms with van der Waals surface area (Å²) >= 11 is 0. The number of carbonyl (C=O) groups excluding carboxylic acids is 1. The topological polar surface area (TPSA) is 75.3 Å². The molecule has 0 atom stereocenters. The molecule has 0 bridgehead atoms. The zero-order valence-corrected chi connectivity index (χ0v) is 9.96. The summed E-state index contributed by atoms with van der Waals surface area (Å²) in [6.07, 6.45) is 3.06. The Kier molecular flexibility index (Phi) is 3.65. The minimum atomic E-state index is -0.538. The third-order valence-electron chi connectivity index (χ3n) is 2.94. The predicted molar refractivity (Wildman–Crippen MR) is 63.3 cm³/mol. The summed E-state index contributed by atoms with van der Waals surface area (Å²) in [6.45, 7) is 5.00. The average Bonchev–Trinajstić information content (AvgIpc) is 2.33. The fraction of sp³-hybridized carbons (Fsp3) is 0.545. The van der Waals surface area contributed by atoms with Gasteiger partial charge in [-0.3, -0.25) is 14.7 Å². The van der Waals surface area contributed by atoms with Crippen molar-refractivity contribution < 1.29 is 4.79 Å². The van der Waals surface area contributed by atoms with Gasteiger partial charge in [0.25, 0.3) is 5.91 Å². The third kappa shape index (κ3) is 3.21. The third-order valence-corrected chi connectivity index (χ3v) is 2.94. The summed E-state index contributed by atoms with van der Waals surface area (Å²) < 4.78 is 0. The molecule has 0 aliphatic carbocycles. The molecule has 0 unspecified atom stereocenters. The Labute approximate surface area is 100 Å². The Morgan fingerprint density at radius 3 is 2.53 bits per heavy atom. The second-order valence-corrected chi connectivity index (χ2v) is 4.34. The normalized spacial score (nSPS) is 18.2. The monoisotopic (exact) mass is 235 g/mol. The zero-order valence-electron chi connectivity index (χ0n) is 9.96. The van der Waals surface area contributed by atoms with Crippen molar-refractivity contribution >= 4 is 5.91 Å². The van der Waals surface area contributed by atoms with Crippen LogP contribution in [0.1, 0.15) is 16.2 Å². The van der Waals surface area contributed by atoms with E-state index in [9.17, 15) is 4.79 Å². The van der Waals surface area contributed by atoms with Gasteiger partial charge in [-0.15, -0.1) is 0 Å². The molecule has 0 saturated carbocycles. The summed E-state index contributed by atoms with van der Waals surface area (Å²) in [5.74, 6) is -0.538. The molecule has 1 aliphatic rings. The number of nitrogens with zero attached hydrogens (tertiary/aromatic N) is 4. The number of aromatic nitrogens is 2. The maximum absolute atomic E-state index is 10.8. The molecule has 2 heterocycles. The standard InChI is InChI=1S/C11H17N5O/c1-15-2-4-16(5-3-15)8-9-6-14-10(7-13-9)11(12)17/h6-7H,2-5,8H2,1H3,(H2,12,17). The quantitative estimate of drug-likeness (QED) is 0.751. The lowest BCUT2D eigenvalue weighted by molar-refractivity contribution is 0.0995. The first-order valence-corrected chi connectivity index (χ1v) is 5.67. The minimum absolute atomic E-state index is 0.215. The molecule has 1 amide bonds. The van der Waals surface area contributed by atoms with Gasteiger partial charge >= 0.3 is 0 Å². The molecule has 1 fully saturated rings. The summed E-state index contributed by atoms with van der Waals surface area (Å²) in [5.41, 5.74) is 6.20. The smallest absolute Gasteiger partial charge is 0.268 e. The van der Waals surface area contributed by atoms with Crippen LogP contribution in [0.2, 0.25) is 0 Å². The largest absolute Gasteiger partial charge is 0.364 e. The van der Waals surface area contributed by atoms with Crippen molar-refractivity contribution in [1.29, 1.82) is 0 Å². The van der Waals surface area contributed by atoms with E-state index in [1.807, 2.05) is 0 Å². The lowest BCUT2D eigenvalue weighted by Crippen LogP contribution is -2.44. The molecule has 2 N–H and O–H groups in total. The molecule has 6 heteroatoms. The number of likely N-dealkylation sites (N-methyl/N-ethyl adjacent to an activating group) is 1. The van der Waals surface area contributed by atoms with E-state index >= 15 is 0 Å². The summed E-state index contributed by atoms with van der Waals surface area (Å²) in [4.78, 5) is 23.7. The van der Waals surface area contributed by atoms with Crippen molar-refractivity contribution in [1.82, 2.24) is 19.8 Å². The van der Waals surface area contributed by atoms with Crippen LogP contribution in [0.4, 0.5) is 0 Å². The average molecular weight is 235 g/mol. The molecule has 0 aromatic carbocycles. The number of hydrogen-bond donors (Lipinski definition) is 1. The Morgan fingerprint density at radius 2 is 2.00 bits per heavy atom. The molecule has 92 valence electrons. The van der Waals surface area contributed by atoms with Gasteiger partial charge in [0.2, 0.25) is 0 Å². The first-order chi connectivity index (χ1) is 8.15. The van der Waals surface area contributed by atoms with E-state index in [-0.39, 0.29) is 5.69 Å². The first-order valence-electron chi connectivity index (χ1n) is 5.67. The Hall–Kier alpha value is -1.53. The van der Waals surface area contributed by atoms with Gasteiger partial charge in [-0.05, 0) is 7.05 Å². The molecule has 1 aromatic heterocycles. The molecule has 0 spiro atoms. The van der Waals surface area contributed by atoms with E-state index in [0.717, 1.165) is 38.4 Å². The van der Waals surface area contributed by atoms with Crippen LogP contribution >= 0.6 is 0 Å². The molecular formula is C11H17N5O. The van der Waals surface area contributed by atoms with Crippen LogP contribution < -0.4 is 5.73 Å². The van der Waals surface area contributed by atoms with Crippen LogP contribution in [0.3, 0.4) is 0 Å². The number of carbonyl (C=O) groups is 1. The number of primary amides is 1. The van der Waals surface area contributed by atoms with E-state index in [0.29, 0.717) is 0 Å². The molecule has 1 saturated heterocycles. The number of piperazine rings is 1. The molecule has 17 heavy (non-hydrogen) atoms. The maximum Gasteiger partial charge on any atom is 0.268 e. The van der Waals surface area contributed by atoms with Gasteiger partial charge in [-0.25, -0.2) is 4.98 Å². The highest BCUT2D eigenvalue weighted by molar-refractivity contribution is 5.90. The summed E-state index contributed by atoms with van der Waals surface area (Å²) in [5, 5.41) is 0.